The van der Waals surface area contributed by atoms with E-state index in [4.69, 9.17) is 0 Å². The number of para-hydroxylation sites is 1. The maximum atomic E-state index is 4.63. The first kappa shape index (κ1) is 12.1. The number of thiazole rings is 1. The van der Waals surface area contributed by atoms with Crippen molar-refractivity contribution in [2.45, 2.75) is 13.3 Å². The van der Waals surface area contributed by atoms with Crippen LogP contribution in [0.2, 0.25) is 0 Å². The van der Waals surface area contributed by atoms with E-state index in [0.717, 1.165) is 29.9 Å². The normalized spacial score (nSPS) is 10.8. The standard InChI is InChI=1S/C15H15N3S/c1-11-10-12(6-8-16-11)17-9-7-15-18-13-4-2-3-5-14(13)19-15/h2-6,8,10H,7,9H2,1H3,(H,16,17). The molecule has 0 atom stereocenters. The average molecular weight is 269 g/mol. The van der Waals surface area contributed by atoms with Crippen LogP contribution >= 0.6 is 11.3 Å². The van der Waals surface area contributed by atoms with Gasteiger partial charge in [-0.1, -0.05) is 12.1 Å². The quantitative estimate of drug-likeness (QED) is 0.785. The van der Waals surface area contributed by atoms with Crippen LogP contribution in [0, 0.1) is 6.92 Å². The Morgan fingerprint density at radius 1 is 1.21 bits per heavy atom. The molecule has 0 aliphatic carbocycles. The van der Waals surface area contributed by atoms with Crippen LogP contribution in [-0.4, -0.2) is 16.5 Å². The maximum Gasteiger partial charge on any atom is 0.0956 e. The molecule has 0 spiro atoms. The first-order chi connectivity index (χ1) is 9.31. The third kappa shape index (κ3) is 2.90. The number of anilines is 1. The van der Waals surface area contributed by atoms with Crippen molar-refractivity contribution in [3.05, 3.63) is 53.3 Å². The summed E-state index contributed by atoms with van der Waals surface area (Å²) in [5, 5.41) is 4.59. The number of pyridine rings is 1. The van der Waals surface area contributed by atoms with Crippen molar-refractivity contribution in [2.75, 3.05) is 11.9 Å². The van der Waals surface area contributed by atoms with Gasteiger partial charge in [0.15, 0.2) is 0 Å². The molecule has 0 unspecified atom stereocenters. The van der Waals surface area contributed by atoms with Gasteiger partial charge in [-0.05, 0) is 31.2 Å². The topological polar surface area (TPSA) is 37.8 Å². The summed E-state index contributed by atoms with van der Waals surface area (Å²) in [5.74, 6) is 0. The maximum absolute atomic E-state index is 4.63. The van der Waals surface area contributed by atoms with Crippen LogP contribution in [0.5, 0.6) is 0 Å². The van der Waals surface area contributed by atoms with E-state index in [9.17, 15) is 0 Å². The van der Waals surface area contributed by atoms with Gasteiger partial charge in [0.05, 0.1) is 15.2 Å². The first-order valence-corrected chi connectivity index (χ1v) is 7.14. The van der Waals surface area contributed by atoms with Crippen LogP contribution < -0.4 is 5.32 Å². The van der Waals surface area contributed by atoms with E-state index in [2.05, 4.69) is 39.6 Å². The number of nitrogens with one attached hydrogen (secondary N) is 1. The van der Waals surface area contributed by atoms with Gasteiger partial charge < -0.3 is 5.32 Å². The Bertz CT molecular complexity index is 657. The van der Waals surface area contributed by atoms with Crippen molar-refractivity contribution in [2.24, 2.45) is 0 Å². The molecule has 3 aromatic rings. The molecule has 0 bridgehead atoms. The first-order valence-electron chi connectivity index (χ1n) is 6.32. The van der Waals surface area contributed by atoms with Crippen molar-refractivity contribution < 1.29 is 0 Å². The van der Waals surface area contributed by atoms with Gasteiger partial charge >= 0.3 is 0 Å². The minimum Gasteiger partial charge on any atom is -0.385 e. The Morgan fingerprint density at radius 2 is 2.11 bits per heavy atom. The summed E-state index contributed by atoms with van der Waals surface area (Å²) in [4.78, 5) is 8.81. The zero-order valence-corrected chi connectivity index (χ0v) is 11.6. The molecular formula is C15H15N3S. The highest BCUT2D eigenvalue weighted by molar-refractivity contribution is 7.18. The van der Waals surface area contributed by atoms with E-state index < -0.39 is 0 Å². The second kappa shape index (κ2) is 5.36. The van der Waals surface area contributed by atoms with Crippen LogP contribution in [0.15, 0.2) is 42.6 Å². The van der Waals surface area contributed by atoms with Gasteiger partial charge in [-0.2, -0.15) is 0 Å². The van der Waals surface area contributed by atoms with Crippen molar-refractivity contribution in [3.63, 3.8) is 0 Å². The van der Waals surface area contributed by atoms with E-state index >= 15 is 0 Å². The number of aromatic nitrogens is 2. The second-order valence-electron chi connectivity index (χ2n) is 4.44. The molecule has 0 amide bonds. The van der Waals surface area contributed by atoms with Gasteiger partial charge in [-0.15, -0.1) is 11.3 Å². The summed E-state index contributed by atoms with van der Waals surface area (Å²) in [6.07, 6.45) is 2.77. The fourth-order valence-electron chi connectivity index (χ4n) is 2.00. The molecule has 0 aliphatic heterocycles. The number of fused-ring (bicyclic) bond motifs is 1. The number of benzene rings is 1. The van der Waals surface area contributed by atoms with Crippen molar-refractivity contribution in [3.8, 4) is 0 Å². The molecule has 1 N–H and O–H groups in total. The number of hydrogen-bond acceptors (Lipinski definition) is 4. The smallest absolute Gasteiger partial charge is 0.0956 e. The molecule has 3 nitrogen and oxygen atoms in total. The van der Waals surface area contributed by atoms with Crippen LogP contribution in [0.25, 0.3) is 10.2 Å². The molecule has 0 saturated heterocycles. The molecule has 0 radical (unpaired) electrons. The molecule has 19 heavy (non-hydrogen) atoms. The summed E-state index contributed by atoms with van der Waals surface area (Å²) < 4.78 is 1.26. The third-order valence-electron chi connectivity index (χ3n) is 2.90. The van der Waals surface area contributed by atoms with Crippen LogP contribution in [-0.2, 0) is 6.42 Å². The lowest BCUT2D eigenvalue weighted by atomic mass is 10.3. The Morgan fingerprint density at radius 3 is 2.95 bits per heavy atom. The van der Waals surface area contributed by atoms with Gasteiger partial charge in [0.2, 0.25) is 0 Å². The average Bonchev–Trinajstić information content (AvgIpc) is 2.81. The molecular weight excluding hydrogens is 254 g/mol. The lowest BCUT2D eigenvalue weighted by Crippen LogP contribution is -2.04. The SMILES string of the molecule is Cc1cc(NCCc2nc3ccccc3s2)ccn1. The molecule has 2 aromatic heterocycles. The molecule has 0 aliphatic rings. The Hall–Kier alpha value is -1.94. The highest BCUT2D eigenvalue weighted by atomic mass is 32.1. The molecule has 0 saturated carbocycles. The predicted octanol–water partition coefficient (Wildman–Crippen LogP) is 3.65. The zero-order chi connectivity index (χ0) is 13.1. The Balaban J connectivity index is 1.63. The number of aryl methyl sites for hydroxylation is 1. The summed E-state index contributed by atoms with van der Waals surface area (Å²) >= 11 is 1.77. The van der Waals surface area contributed by atoms with Crippen LogP contribution in [0.3, 0.4) is 0 Å². The fourth-order valence-corrected chi connectivity index (χ4v) is 2.96. The van der Waals surface area contributed by atoms with E-state index in [0.29, 0.717) is 0 Å². The van der Waals surface area contributed by atoms with E-state index in [1.807, 2.05) is 25.3 Å². The second-order valence-corrected chi connectivity index (χ2v) is 5.55. The summed E-state index contributed by atoms with van der Waals surface area (Å²) in [7, 11) is 0. The highest BCUT2D eigenvalue weighted by Gasteiger charge is 2.02. The lowest BCUT2D eigenvalue weighted by Gasteiger charge is -2.04. The Labute approximate surface area is 116 Å². The van der Waals surface area contributed by atoms with Crippen LogP contribution in [0.1, 0.15) is 10.7 Å². The molecule has 4 heteroatoms. The minimum atomic E-state index is 0.892. The zero-order valence-electron chi connectivity index (χ0n) is 10.8. The molecule has 96 valence electrons. The van der Waals surface area contributed by atoms with Crippen molar-refractivity contribution in [1.29, 1.82) is 0 Å². The van der Waals surface area contributed by atoms with Gasteiger partial charge in [-0.25, -0.2) is 4.98 Å². The summed E-state index contributed by atoms with van der Waals surface area (Å²) in [5.41, 5.74) is 3.25. The number of rotatable bonds is 4. The summed E-state index contributed by atoms with van der Waals surface area (Å²) in [6.45, 7) is 2.89. The molecule has 3 rings (SSSR count). The third-order valence-corrected chi connectivity index (χ3v) is 4.00. The fraction of sp³-hybridized carbons (Fsp3) is 0.200. The largest absolute Gasteiger partial charge is 0.385 e. The van der Waals surface area contributed by atoms with Crippen LogP contribution in [0.4, 0.5) is 5.69 Å². The monoisotopic (exact) mass is 269 g/mol. The lowest BCUT2D eigenvalue weighted by molar-refractivity contribution is 1.00. The van der Waals surface area contributed by atoms with Crippen molar-refractivity contribution in [1.82, 2.24) is 9.97 Å². The Kier molecular flexibility index (Phi) is 3.42. The van der Waals surface area contributed by atoms with E-state index in [1.54, 1.807) is 11.3 Å². The van der Waals surface area contributed by atoms with Gasteiger partial charge in [0.25, 0.3) is 0 Å². The summed E-state index contributed by atoms with van der Waals surface area (Å²) in [6, 6.07) is 12.3. The molecule has 2 heterocycles. The minimum absolute atomic E-state index is 0.892. The van der Waals surface area contributed by atoms with Gasteiger partial charge in [-0.3, -0.25) is 4.98 Å². The van der Waals surface area contributed by atoms with Crippen molar-refractivity contribution >= 4 is 27.2 Å². The van der Waals surface area contributed by atoms with E-state index in [1.165, 1.54) is 9.71 Å². The van der Waals surface area contributed by atoms with Gasteiger partial charge in [0, 0.05) is 30.5 Å². The number of hydrogen-bond donors (Lipinski definition) is 1. The van der Waals surface area contributed by atoms with E-state index in [-0.39, 0.29) is 0 Å². The number of nitrogens with zero attached hydrogens (tertiary/aromatic N) is 2. The predicted molar refractivity (Wildman–Crippen MR) is 80.8 cm³/mol. The highest BCUT2D eigenvalue weighted by Crippen LogP contribution is 2.21. The molecule has 0 fully saturated rings. The van der Waals surface area contributed by atoms with Gasteiger partial charge in [0.1, 0.15) is 0 Å². The molecule has 1 aromatic carbocycles.